The maximum absolute atomic E-state index is 11.3. The predicted octanol–water partition coefficient (Wildman–Crippen LogP) is 5.52. The van der Waals surface area contributed by atoms with Crippen molar-refractivity contribution in [1.82, 2.24) is 4.98 Å². The molecule has 2 atom stereocenters. The topological polar surface area (TPSA) is 62.3 Å². The molecule has 0 saturated heterocycles. The molecule has 1 aliphatic carbocycles. The molecule has 0 radical (unpaired) electrons. The van der Waals surface area contributed by atoms with Crippen molar-refractivity contribution in [3.63, 3.8) is 0 Å². The molecule has 0 fully saturated rings. The van der Waals surface area contributed by atoms with E-state index in [0.717, 1.165) is 36.3 Å². The maximum Gasteiger partial charge on any atom is 0.335 e. The van der Waals surface area contributed by atoms with Crippen molar-refractivity contribution in [3.8, 4) is 5.75 Å². The van der Waals surface area contributed by atoms with E-state index in [2.05, 4.69) is 30.1 Å². The van der Waals surface area contributed by atoms with Crippen molar-refractivity contribution < 1.29 is 14.6 Å². The number of carbonyl (C=O) groups is 1. The Morgan fingerprint density at radius 1 is 1.21 bits per heavy atom. The largest absolute Gasteiger partial charge is 0.487 e. The molecule has 0 amide bonds. The number of benzene rings is 2. The number of hydrogen-bond donors (Lipinski definition) is 2. The molecule has 4 heteroatoms. The van der Waals surface area contributed by atoms with Gasteiger partial charge in [0, 0.05) is 23.9 Å². The van der Waals surface area contributed by atoms with Gasteiger partial charge in [-0.25, -0.2) is 4.79 Å². The summed E-state index contributed by atoms with van der Waals surface area (Å²) >= 11 is 0. The summed E-state index contributed by atoms with van der Waals surface area (Å²) in [5.74, 6) is 0.682. The van der Waals surface area contributed by atoms with E-state index in [1.165, 1.54) is 11.1 Å². The van der Waals surface area contributed by atoms with E-state index in [1.807, 2.05) is 36.5 Å². The lowest BCUT2D eigenvalue weighted by Crippen LogP contribution is -2.16. The van der Waals surface area contributed by atoms with Crippen molar-refractivity contribution in [2.24, 2.45) is 0 Å². The number of aromatic amines is 1. The second-order valence-corrected chi connectivity index (χ2v) is 7.57. The monoisotopic (exact) mass is 375 g/mol. The number of aromatic carboxylic acids is 1. The van der Waals surface area contributed by atoms with Crippen LogP contribution in [0.2, 0.25) is 0 Å². The van der Waals surface area contributed by atoms with Gasteiger partial charge in [-0.1, -0.05) is 43.3 Å². The van der Waals surface area contributed by atoms with Crippen molar-refractivity contribution in [2.75, 3.05) is 0 Å². The standard InChI is InChI=1S/C24H25NO3/c1-16(21-9-5-8-18-12-19(24(26)27)10-11-22(18)21)23-13-20(14-25-23)28-15-17-6-3-2-4-7-17/h2-4,6-7,10-14,16,21,25H,5,8-9,15H2,1H3,(H,26,27). The molecule has 1 heterocycles. The second-order valence-electron chi connectivity index (χ2n) is 7.57. The molecule has 1 aromatic heterocycles. The normalized spacial score (nSPS) is 17.0. The van der Waals surface area contributed by atoms with Crippen LogP contribution < -0.4 is 4.74 Å². The zero-order chi connectivity index (χ0) is 19.5. The molecule has 4 rings (SSSR count). The van der Waals surface area contributed by atoms with Crippen LogP contribution in [-0.2, 0) is 13.0 Å². The van der Waals surface area contributed by atoms with E-state index in [-0.39, 0.29) is 0 Å². The lowest BCUT2D eigenvalue weighted by molar-refractivity contribution is 0.0696. The summed E-state index contributed by atoms with van der Waals surface area (Å²) in [5, 5.41) is 9.26. The minimum absolute atomic E-state index is 0.309. The zero-order valence-corrected chi connectivity index (χ0v) is 16.0. The Hall–Kier alpha value is -3.01. The molecular weight excluding hydrogens is 350 g/mol. The Kier molecular flexibility index (Phi) is 5.20. The third-order valence-electron chi connectivity index (χ3n) is 5.77. The molecule has 3 aromatic rings. The zero-order valence-electron chi connectivity index (χ0n) is 16.0. The minimum atomic E-state index is -0.859. The highest BCUT2D eigenvalue weighted by Crippen LogP contribution is 2.42. The van der Waals surface area contributed by atoms with Crippen molar-refractivity contribution in [3.05, 3.63) is 88.7 Å². The van der Waals surface area contributed by atoms with Gasteiger partial charge in [0.1, 0.15) is 12.4 Å². The SMILES string of the molecule is CC(c1cc(OCc2ccccc2)c[nH]1)C1CCCc2cc(C(=O)O)ccc21. The van der Waals surface area contributed by atoms with Crippen LogP contribution in [0.15, 0.2) is 60.8 Å². The van der Waals surface area contributed by atoms with Crippen LogP contribution in [0.3, 0.4) is 0 Å². The summed E-state index contributed by atoms with van der Waals surface area (Å²) in [7, 11) is 0. The van der Waals surface area contributed by atoms with E-state index in [4.69, 9.17) is 4.74 Å². The number of aromatic nitrogens is 1. The van der Waals surface area contributed by atoms with Crippen LogP contribution in [0.4, 0.5) is 0 Å². The number of hydrogen-bond acceptors (Lipinski definition) is 2. The third kappa shape index (κ3) is 3.81. The summed E-state index contributed by atoms with van der Waals surface area (Å²) in [5.41, 5.74) is 5.14. The average molecular weight is 375 g/mol. The highest BCUT2D eigenvalue weighted by Gasteiger charge is 2.27. The Morgan fingerprint density at radius 3 is 2.82 bits per heavy atom. The van der Waals surface area contributed by atoms with Gasteiger partial charge in [-0.15, -0.1) is 0 Å². The van der Waals surface area contributed by atoms with Gasteiger partial charge in [-0.05, 0) is 54.0 Å². The quantitative estimate of drug-likeness (QED) is 0.597. The summed E-state index contributed by atoms with van der Waals surface area (Å²) < 4.78 is 5.93. The second kappa shape index (κ2) is 7.93. The fourth-order valence-electron chi connectivity index (χ4n) is 4.20. The molecule has 1 aliphatic rings. The number of ether oxygens (including phenoxy) is 1. The van der Waals surface area contributed by atoms with Crippen LogP contribution in [0.1, 0.15) is 64.3 Å². The number of carboxylic acid groups (broad SMARTS) is 1. The van der Waals surface area contributed by atoms with E-state index in [1.54, 1.807) is 6.07 Å². The number of carboxylic acids is 1. The molecule has 4 nitrogen and oxygen atoms in total. The molecule has 0 spiro atoms. The van der Waals surface area contributed by atoms with Gasteiger partial charge >= 0.3 is 5.97 Å². The number of fused-ring (bicyclic) bond motifs is 1. The number of aryl methyl sites for hydroxylation is 1. The van der Waals surface area contributed by atoms with Crippen LogP contribution >= 0.6 is 0 Å². The van der Waals surface area contributed by atoms with Gasteiger partial charge < -0.3 is 14.8 Å². The first-order valence-corrected chi connectivity index (χ1v) is 9.83. The first-order chi connectivity index (χ1) is 13.6. The van der Waals surface area contributed by atoms with Crippen molar-refractivity contribution in [2.45, 2.75) is 44.6 Å². The molecule has 2 aromatic carbocycles. The van der Waals surface area contributed by atoms with Crippen LogP contribution in [0.25, 0.3) is 0 Å². The number of H-pyrrole nitrogens is 1. The highest BCUT2D eigenvalue weighted by atomic mass is 16.5. The first-order valence-electron chi connectivity index (χ1n) is 9.83. The van der Waals surface area contributed by atoms with Crippen LogP contribution in [0.5, 0.6) is 5.75 Å². The highest BCUT2D eigenvalue weighted by molar-refractivity contribution is 5.88. The fourth-order valence-corrected chi connectivity index (χ4v) is 4.20. The molecule has 2 N–H and O–H groups in total. The predicted molar refractivity (Wildman–Crippen MR) is 109 cm³/mol. The first kappa shape index (κ1) is 18.4. The molecule has 0 bridgehead atoms. The van der Waals surface area contributed by atoms with E-state index in [9.17, 15) is 9.90 Å². The van der Waals surface area contributed by atoms with E-state index in [0.29, 0.717) is 24.0 Å². The van der Waals surface area contributed by atoms with Crippen molar-refractivity contribution in [1.29, 1.82) is 0 Å². The summed E-state index contributed by atoms with van der Waals surface area (Å²) in [6, 6.07) is 17.8. The van der Waals surface area contributed by atoms with Gasteiger partial charge in [-0.2, -0.15) is 0 Å². The van der Waals surface area contributed by atoms with Crippen LogP contribution in [-0.4, -0.2) is 16.1 Å². The molecule has 28 heavy (non-hydrogen) atoms. The summed E-state index contributed by atoms with van der Waals surface area (Å²) in [6.45, 7) is 2.79. The molecule has 144 valence electrons. The van der Waals surface area contributed by atoms with Gasteiger partial charge in [-0.3, -0.25) is 0 Å². The Bertz CT molecular complexity index is 961. The van der Waals surface area contributed by atoms with Gasteiger partial charge in [0.15, 0.2) is 0 Å². The smallest absolute Gasteiger partial charge is 0.335 e. The Morgan fingerprint density at radius 2 is 2.04 bits per heavy atom. The number of nitrogens with one attached hydrogen (secondary N) is 1. The molecule has 0 saturated carbocycles. The van der Waals surface area contributed by atoms with E-state index < -0.39 is 5.97 Å². The molecule has 2 unspecified atom stereocenters. The van der Waals surface area contributed by atoms with Gasteiger partial charge in [0.05, 0.1) is 5.56 Å². The van der Waals surface area contributed by atoms with Gasteiger partial charge in [0.25, 0.3) is 0 Å². The average Bonchev–Trinajstić information content (AvgIpc) is 3.20. The van der Waals surface area contributed by atoms with Crippen LogP contribution in [0, 0.1) is 0 Å². The van der Waals surface area contributed by atoms with E-state index >= 15 is 0 Å². The van der Waals surface area contributed by atoms with Gasteiger partial charge in [0.2, 0.25) is 0 Å². The maximum atomic E-state index is 11.3. The lowest BCUT2D eigenvalue weighted by atomic mass is 9.75. The summed E-state index contributed by atoms with van der Waals surface area (Å²) in [6.07, 6.45) is 5.07. The minimum Gasteiger partial charge on any atom is -0.487 e. The Balaban J connectivity index is 1.49. The molecule has 0 aliphatic heterocycles. The summed E-state index contributed by atoms with van der Waals surface area (Å²) in [4.78, 5) is 14.7. The number of rotatable bonds is 6. The van der Waals surface area contributed by atoms with Crippen molar-refractivity contribution >= 4 is 5.97 Å². The Labute approximate surface area is 165 Å². The lowest BCUT2D eigenvalue weighted by Gasteiger charge is -2.30. The third-order valence-corrected chi connectivity index (χ3v) is 5.77. The fraction of sp³-hybridized carbons (Fsp3) is 0.292. The molecular formula is C24H25NO3.